The van der Waals surface area contributed by atoms with Crippen molar-refractivity contribution in [2.45, 2.75) is 58.3 Å². The fraction of sp³-hybridized carbons (Fsp3) is 0.600. The molecule has 25 heavy (non-hydrogen) atoms. The largest absolute Gasteiger partial charge is 0.350 e. The summed E-state index contributed by atoms with van der Waals surface area (Å²) in [6.07, 6.45) is 3.54. The second-order valence-electron chi connectivity index (χ2n) is 7.18. The Kier molecular flexibility index (Phi) is 7.14. The molecular weight excluding hydrogens is 318 g/mol. The number of hydrogen-bond donors (Lipinski definition) is 1. The summed E-state index contributed by atoms with van der Waals surface area (Å²) in [4.78, 5) is 24.0. The van der Waals surface area contributed by atoms with E-state index in [9.17, 15) is 9.59 Å². The summed E-state index contributed by atoms with van der Waals surface area (Å²) in [6.45, 7) is 6.81. The highest BCUT2D eigenvalue weighted by Gasteiger charge is 2.28. The molecule has 1 amide bonds. The lowest BCUT2D eigenvalue weighted by molar-refractivity contribution is -0.262. The maximum atomic E-state index is 12.2. The predicted octanol–water partition coefficient (Wildman–Crippen LogP) is 3.33. The fourth-order valence-corrected chi connectivity index (χ4v) is 2.88. The molecule has 5 nitrogen and oxygen atoms in total. The van der Waals surface area contributed by atoms with Crippen LogP contribution in [0.3, 0.4) is 0 Å². The van der Waals surface area contributed by atoms with Crippen LogP contribution in [0.2, 0.25) is 0 Å². The molecule has 1 heterocycles. The van der Waals surface area contributed by atoms with Crippen LogP contribution in [0.15, 0.2) is 30.3 Å². The number of nitrogens with one attached hydrogen (secondary N) is 1. The summed E-state index contributed by atoms with van der Waals surface area (Å²) in [6, 6.07) is 8.55. The van der Waals surface area contributed by atoms with Crippen molar-refractivity contribution < 1.29 is 19.1 Å². The van der Waals surface area contributed by atoms with Crippen molar-refractivity contribution in [2.24, 2.45) is 5.92 Å². The first kappa shape index (κ1) is 19.6. The number of carbonyl (C=O) groups excluding carboxylic acids is 2. The van der Waals surface area contributed by atoms with E-state index in [1.165, 1.54) is 6.92 Å². The van der Waals surface area contributed by atoms with Gasteiger partial charge in [-0.05, 0) is 45.7 Å². The van der Waals surface area contributed by atoms with Gasteiger partial charge in [-0.2, -0.15) is 0 Å². The van der Waals surface area contributed by atoms with Crippen molar-refractivity contribution in [1.82, 2.24) is 5.32 Å². The number of hydrogen-bond acceptors (Lipinski definition) is 4. The van der Waals surface area contributed by atoms with E-state index in [0.717, 1.165) is 19.3 Å². The van der Waals surface area contributed by atoms with Crippen LogP contribution < -0.4 is 5.32 Å². The molecule has 138 valence electrons. The van der Waals surface area contributed by atoms with Crippen molar-refractivity contribution in [3.63, 3.8) is 0 Å². The minimum Gasteiger partial charge on any atom is -0.350 e. The average molecular weight is 347 g/mol. The van der Waals surface area contributed by atoms with Crippen molar-refractivity contribution in [2.75, 3.05) is 13.2 Å². The Morgan fingerprint density at radius 2 is 1.80 bits per heavy atom. The van der Waals surface area contributed by atoms with Crippen LogP contribution in [0.25, 0.3) is 0 Å². The molecular formula is C20H29NO4. The first-order valence-corrected chi connectivity index (χ1v) is 9.01. The van der Waals surface area contributed by atoms with Gasteiger partial charge in [-0.15, -0.1) is 0 Å². The lowest BCUT2D eigenvalue weighted by atomic mass is 9.99. The Hall–Kier alpha value is -1.72. The highest BCUT2D eigenvalue weighted by molar-refractivity contribution is 5.97. The molecule has 0 spiro atoms. The Balaban J connectivity index is 1.71. The van der Waals surface area contributed by atoms with Gasteiger partial charge in [-0.1, -0.05) is 31.0 Å². The topological polar surface area (TPSA) is 64.6 Å². The van der Waals surface area contributed by atoms with Gasteiger partial charge < -0.3 is 14.8 Å². The van der Waals surface area contributed by atoms with Crippen LogP contribution in [0, 0.1) is 5.92 Å². The molecule has 1 unspecified atom stereocenters. The molecule has 1 fully saturated rings. The lowest BCUT2D eigenvalue weighted by Crippen LogP contribution is -2.40. The molecule has 0 saturated carbocycles. The zero-order chi connectivity index (χ0) is 18.3. The number of ketones is 1. The monoisotopic (exact) mass is 347 g/mol. The first-order valence-electron chi connectivity index (χ1n) is 9.01. The molecule has 2 rings (SSSR count). The molecule has 1 aliphatic heterocycles. The van der Waals surface area contributed by atoms with Crippen LogP contribution in [0.1, 0.15) is 56.8 Å². The van der Waals surface area contributed by atoms with Gasteiger partial charge in [0.2, 0.25) is 0 Å². The molecule has 0 aliphatic carbocycles. The Morgan fingerprint density at radius 3 is 2.40 bits per heavy atom. The third-order valence-electron chi connectivity index (χ3n) is 4.52. The normalized spacial score (nSPS) is 18.5. The number of carbonyl (C=O) groups is 2. The maximum Gasteiger partial charge on any atom is 0.251 e. The summed E-state index contributed by atoms with van der Waals surface area (Å²) in [5.74, 6) is -0.270. The van der Waals surface area contributed by atoms with E-state index >= 15 is 0 Å². The van der Waals surface area contributed by atoms with Crippen LogP contribution in [0.4, 0.5) is 0 Å². The molecule has 1 aromatic rings. The number of amides is 1. The van der Waals surface area contributed by atoms with E-state index in [4.69, 9.17) is 9.47 Å². The standard InChI is InChI=1S/C20H29NO4/c1-15(22)18(21-19(23)17-10-5-4-6-11-17)12-8-7-9-16-13-24-20(2,3)25-14-16/h4-6,10-11,16,18H,7-9,12-14H2,1-3H3,(H,21,23). The van der Waals surface area contributed by atoms with Gasteiger partial charge in [-0.25, -0.2) is 0 Å². The second-order valence-corrected chi connectivity index (χ2v) is 7.18. The van der Waals surface area contributed by atoms with E-state index in [1.807, 2.05) is 32.0 Å². The number of unbranched alkanes of at least 4 members (excludes halogenated alkanes) is 1. The molecule has 0 radical (unpaired) electrons. The summed E-state index contributed by atoms with van der Waals surface area (Å²) in [5.41, 5.74) is 0.577. The third kappa shape index (κ3) is 6.59. The molecule has 1 aromatic carbocycles. The predicted molar refractivity (Wildman–Crippen MR) is 96.3 cm³/mol. The summed E-state index contributed by atoms with van der Waals surface area (Å²) >= 11 is 0. The van der Waals surface area contributed by atoms with Gasteiger partial charge in [0.1, 0.15) is 0 Å². The Morgan fingerprint density at radius 1 is 1.16 bits per heavy atom. The summed E-state index contributed by atoms with van der Waals surface area (Å²) < 4.78 is 11.3. The van der Waals surface area contributed by atoms with Crippen LogP contribution in [-0.4, -0.2) is 36.7 Å². The SMILES string of the molecule is CC(=O)C(CCCCC1COC(C)(C)OC1)NC(=O)c1ccccc1. The number of benzene rings is 1. The first-order chi connectivity index (χ1) is 11.9. The molecule has 1 N–H and O–H groups in total. The van der Waals surface area contributed by atoms with Gasteiger partial charge in [0.05, 0.1) is 19.3 Å². The zero-order valence-corrected chi connectivity index (χ0v) is 15.4. The second kappa shape index (κ2) is 9.11. The highest BCUT2D eigenvalue weighted by Crippen LogP contribution is 2.23. The van der Waals surface area contributed by atoms with Gasteiger partial charge in [0.25, 0.3) is 5.91 Å². The smallest absolute Gasteiger partial charge is 0.251 e. The fourth-order valence-electron chi connectivity index (χ4n) is 2.88. The third-order valence-corrected chi connectivity index (χ3v) is 4.52. The molecule has 0 aromatic heterocycles. The number of ether oxygens (including phenoxy) is 2. The zero-order valence-electron chi connectivity index (χ0n) is 15.4. The van der Waals surface area contributed by atoms with Gasteiger partial charge >= 0.3 is 0 Å². The van der Waals surface area contributed by atoms with Crippen LogP contribution >= 0.6 is 0 Å². The van der Waals surface area contributed by atoms with E-state index < -0.39 is 11.8 Å². The molecule has 1 saturated heterocycles. The van der Waals surface area contributed by atoms with Crippen molar-refractivity contribution in [1.29, 1.82) is 0 Å². The van der Waals surface area contributed by atoms with Gasteiger partial charge in [0.15, 0.2) is 11.6 Å². The molecule has 0 bridgehead atoms. The number of rotatable bonds is 8. The molecule has 5 heteroatoms. The van der Waals surface area contributed by atoms with E-state index in [-0.39, 0.29) is 11.7 Å². The van der Waals surface area contributed by atoms with Crippen molar-refractivity contribution in [3.8, 4) is 0 Å². The maximum absolute atomic E-state index is 12.2. The number of Topliss-reactive ketones (excluding diaryl/α,β-unsaturated/α-hetero) is 1. The molecule has 1 aliphatic rings. The lowest BCUT2D eigenvalue weighted by Gasteiger charge is -2.35. The quantitative estimate of drug-likeness (QED) is 0.733. The average Bonchev–Trinajstić information content (AvgIpc) is 2.59. The van der Waals surface area contributed by atoms with Crippen molar-refractivity contribution >= 4 is 11.7 Å². The summed E-state index contributed by atoms with van der Waals surface area (Å²) in [5, 5.41) is 2.84. The Bertz CT molecular complexity index is 560. The van der Waals surface area contributed by atoms with Crippen LogP contribution in [0.5, 0.6) is 0 Å². The van der Waals surface area contributed by atoms with Gasteiger partial charge in [-0.3, -0.25) is 9.59 Å². The Labute approximate surface area is 150 Å². The minimum absolute atomic E-state index is 0.00429. The van der Waals surface area contributed by atoms with E-state index in [0.29, 0.717) is 31.1 Å². The van der Waals surface area contributed by atoms with Crippen LogP contribution in [-0.2, 0) is 14.3 Å². The van der Waals surface area contributed by atoms with E-state index in [2.05, 4.69) is 5.32 Å². The van der Waals surface area contributed by atoms with Gasteiger partial charge in [0, 0.05) is 11.5 Å². The highest BCUT2D eigenvalue weighted by atomic mass is 16.7. The van der Waals surface area contributed by atoms with E-state index in [1.54, 1.807) is 12.1 Å². The molecule has 1 atom stereocenters. The minimum atomic E-state index is -0.474. The van der Waals surface area contributed by atoms with Crippen molar-refractivity contribution in [3.05, 3.63) is 35.9 Å². The summed E-state index contributed by atoms with van der Waals surface area (Å²) in [7, 11) is 0.